The summed E-state index contributed by atoms with van der Waals surface area (Å²) < 4.78 is 35.1. The summed E-state index contributed by atoms with van der Waals surface area (Å²) in [4.78, 5) is 15.8. The van der Waals surface area contributed by atoms with Gasteiger partial charge in [0.25, 0.3) is 0 Å². The number of sulfonamides is 1. The summed E-state index contributed by atoms with van der Waals surface area (Å²) in [7, 11) is -2.38. The largest absolute Gasteiger partial charge is 0.497 e. The zero-order valence-electron chi connectivity index (χ0n) is 20.4. The Labute approximate surface area is 231 Å². The second-order valence-corrected chi connectivity index (χ2v) is 12.7. The van der Waals surface area contributed by atoms with Crippen molar-refractivity contribution in [2.75, 3.05) is 20.2 Å². The molecule has 2 heterocycles. The Morgan fingerprint density at radius 1 is 1.00 bits per heavy atom. The van der Waals surface area contributed by atoms with Crippen LogP contribution in [0, 0.1) is 0 Å². The highest BCUT2D eigenvalue weighted by Gasteiger charge is 2.42. The second kappa shape index (κ2) is 10.8. The first-order valence-corrected chi connectivity index (χ1v) is 14.9. The van der Waals surface area contributed by atoms with Crippen molar-refractivity contribution in [1.29, 1.82) is 0 Å². The van der Waals surface area contributed by atoms with Gasteiger partial charge in [-0.25, -0.2) is 8.42 Å². The topological polar surface area (TPSA) is 66.9 Å². The molecule has 9 heteroatoms. The maximum Gasteiger partial charge on any atom is 0.244 e. The normalized spacial score (nSPS) is 18.9. The number of ether oxygens (including phenoxy) is 1. The maximum absolute atomic E-state index is 13.9. The third-order valence-corrected chi connectivity index (χ3v) is 10.1. The van der Waals surface area contributed by atoms with E-state index in [2.05, 4.69) is 15.9 Å². The van der Waals surface area contributed by atoms with E-state index in [0.717, 1.165) is 39.0 Å². The van der Waals surface area contributed by atoms with Gasteiger partial charge in [-0.05, 0) is 78.3 Å². The Morgan fingerprint density at radius 2 is 1.68 bits per heavy atom. The van der Waals surface area contributed by atoms with Gasteiger partial charge in [-0.15, -0.1) is 0 Å². The van der Waals surface area contributed by atoms with E-state index in [0.29, 0.717) is 25.3 Å². The van der Waals surface area contributed by atoms with E-state index in [4.69, 9.17) is 16.3 Å². The van der Waals surface area contributed by atoms with E-state index >= 15 is 0 Å². The number of hydrogen-bond donors (Lipinski definition) is 0. The lowest BCUT2D eigenvalue weighted by atomic mass is 9.88. The van der Waals surface area contributed by atoms with E-state index in [1.807, 2.05) is 47.4 Å². The quantitative estimate of drug-likeness (QED) is 0.379. The Balaban J connectivity index is 1.39. The number of likely N-dealkylation sites (tertiary alicyclic amines) is 1. The Hall–Kier alpha value is -2.39. The lowest BCUT2D eigenvalue weighted by molar-refractivity contribution is -0.136. The predicted molar refractivity (Wildman–Crippen MR) is 147 cm³/mol. The fourth-order valence-electron chi connectivity index (χ4n) is 5.30. The SMILES string of the molecule is COc1ccc(S(=O)(=O)N2Cc3ccccc3CC2C(=O)N2CCC(c3ccc(Br)cc3Cl)CC2)cc1. The first kappa shape index (κ1) is 26.2. The third-order valence-electron chi connectivity index (χ3n) is 7.37. The smallest absolute Gasteiger partial charge is 0.244 e. The van der Waals surface area contributed by atoms with Crippen LogP contribution >= 0.6 is 27.5 Å². The number of halogens is 2. The summed E-state index contributed by atoms with van der Waals surface area (Å²) in [6.45, 7) is 1.28. The van der Waals surface area contributed by atoms with Crippen LogP contribution in [0.2, 0.25) is 5.02 Å². The molecule has 0 aliphatic carbocycles. The van der Waals surface area contributed by atoms with Crippen molar-refractivity contribution in [3.8, 4) is 5.75 Å². The lowest BCUT2D eigenvalue weighted by Crippen LogP contribution is -2.54. The van der Waals surface area contributed by atoms with Crippen molar-refractivity contribution >= 4 is 43.5 Å². The van der Waals surface area contributed by atoms with Gasteiger partial charge in [0.1, 0.15) is 11.8 Å². The van der Waals surface area contributed by atoms with Gasteiger partial charge in [-0.1, -0.05) is 57.9 Å². The fourth-order valence-corrected chi connectivity index (χ4v) is 7.69. The summed E-state index contributed by atoms with van der Waals surface area (Å²) in [6, 6.07) is 19.2. The minimum Gasteiger partial charge on any atom is -0.497 e. The van der Waals surface area contributed by atoms with Crippen molar-refractivity contribution in [3.63, 3.8) is 0 Å². The fraction of sp³-hybridized carbons (Fsp3) is 0.321. The number of nitrogens with zero attached hydrogens (tertiary/aromatic N) is 2. The highest BCUT2D eigenvalue weighted by Crippen LogP contribution is 2.36. The van der Waals surface area contributed by atoms with Gasteiger partial charge in [0, 0.05) is 29.1 Å². The number of amides is 1. The molecule has 1 saturated heterocycles. The molecule has 1 atom stereocenters. The van der Waals surface area contributed by atoms with Crippen molar-refractivity contribution in [1.82, 2.24) is 9.21 Å². The minimum atomic E-state index is -3.92. The van der Waals surface area contributed by atoms with Crippen LogP contribution in [0.5, 0.6) is 5.75 Å². The van der Waals surface area contributed by atoms with Crippen LogP contribution in [0.3, 0.4) is 0 Å². The number of hydrogen-bond acceptors (Lipinski definition) is 4. The average molecular weight is 604 g/mol. The summed E-state index contributed by atoms with van der Waals surface area (Å²) >= 11 is 9.94. The van der Waals surface area contributed by atoms with E-state index in [-0.39, 0.29) is 23.3 Å². The number of piperidine rings is 1. The number of methoxy groups -OCH3 is 1. The van der Waals surface area contributed by atoms with Gasteiger partial charge in [-0.2, -0.15) is 4.31 Å². The maximum atomic E-state index is 13.9. The molecule has 5 rings (SSSR count). The molecule has 2 aliphatic rings. The van der Waals surface area contributed by atoms with Crippen LogP contribution in [0.1, 0.15) is 35.4 Å². The van der Waals surface area contributed by atoms with Crippen molar-refractivity contribution in [2.45, 2.75) is 42.7 Å². The molecule has 3 aromatic rings. The van der Waals surface area contributed by atoms with Crippen LogP contribution in [-0.2, 0) is 27.8 Å². The molecule has 0 radical (unpaired) electrons. The van der Waals surface area contributed by atoms with Gasteiger partial charge in [0.15, 0.2) is 0 Å². The lowest BCUT2D eigenvalue weighted by Gasteiger charge is -2.40. The molecule has 0 aromatic heterocycles. The van der Waals surface area contributed by atoms with Gasteiger partial charge in [0.2, 0.25) is 15.9 Å². The molecule has 1 unspecified atom stereocenters. The Kier molecular flexibility index (Phi) is 7.63. The zero-order chi connectivity index (χ0) is 26.2. The van der Waals surface area contributed by atoms with E-state index in [1.165, 1.54) is 23.5 Å². The molecule has 0 N–H and O–H groups in total. The number of carbonyl (C=O) groups excluding carboxylic acids is 1. The standard InChI is InChI=1S/C28H28BrClN2O4S/c1-36-23-7-9-24(10-8-23)37(34,35)32-18-21-5-3-2-4-20(21)16-27(32)28(33)31-14-12-19(13-15-31)25-11-6-22(29)17-26(25)30/h2-11,17,19,27H,12-16,18H2,1H3. The second-order valence-electron chi connectivity index (χ2n) is 9.48. The number of benzene rings is 3. The molecule has 37 heavy (non-hydrogen) atoms. The van der Waals surface area contributed by atoms with Crippen molar-refractivity contribution in [2.24, 2.45) is 0 Å². The summed E-state index contributed by atoms with van der Waals surface area (Å²) in [5, 5.41) is 0.722. The summed E-state index contributed by atoms with van der Waals surface area (Å²) in [6.07, 6.45) is 1.91. The molecule has 6 nitrogen and oxygen atoms in total. The monoisotopic (exact) mass is 602 g/mol. The summed E-state index contributed by atoms with van der Waals surface area (Å²) in [5.41, 5.74) is 3.03. The van der Waals surface area contributed by atoms with Gasteiger partial charge >= 0.3 is 0 Å². The Morgan fingerprint density at radius 3 is 2.32 bits per heavy atom. The van der Waals surface area contributed by atoms with Crippen molar-refractivity contribution in [3.05, 3.63) is 92.9 Å². The minimum absolute atomic E-state index is 0.146. The predicted octanol–water partition coefficient (Wildman–Crippen LogP) is 5.63. The number of rotatable bonds is 5. The molecule has 3 aromatic carbocycles. The van der Waals surface area contributed by atoms with Crippen LogP contribution in [-0.4, -0.2) is 49.8 Å². The molecule has 1 amide bonds. The van der Waals surface area contributed by atoms with E-state index in [9.17, 15) is 13.2 Å². The molecular formula is C28H28BrClN2O4S. The number of fused-ring (bicyclic) bond motifs is 1. The molecule has 2 aliphatic heterocycles. The molecule has 0 saturated carbocycles. The first-order chi connectivity index (χ1) is 17.8. The van der Waals surface area contributed by atoms with E-state index in [1.54, 1.807) is 12.1 Å². The summed E-state index contributed by atoms with van der Waals surface area (Å²) in [5.74, 6) is 0.687. The highest BCUT2D eigenvalue weighted by atomic mass is 79.9. The van der Waals surface area contributed by atoms with Crippen LogP contribution < -0.4 is 4.74 Å². The van der Waals surface area contributed by atoms with Gasteiger partial charge < -0.3 is 9.64 Å². The third kappa shape index (κ3) is 5.30. The molecule has 0 bridgehead atoms. The highest BCUT2D eigenvalue weighted by molar-refractivity contribution is 9.10. The molecule has 0 spiro atoms. The van der Waals surface area contributed by atoms with Gasteiger partial charge in [-0.3, -0.25) is 4.79 Å². The van der Waals surface area contributed by atoms with Crippen LogP contribution in [0.25, 0.3) is 0 Å². The van der Waals surface area contributed by atoms with Crippen molar-refractivity contribution < 1.29 is 17.9 Å². The van der Waals surface area contributed by atoms with Gasteiger partial charge in [0.05, 0.1) is 12.0 Å². The molecule has 1 fully saturated rings. The van der Waals surface area contributed by atoms with E-state index < -0.39 is 16.1 Å². The van der Waals surface area contributed by atoms with Crippen LogP contribution in [0.4, 0.5) is 0 Å². The molecular weight excluding hydrogens is 576 g/mol. The number of carbonyl (C=O) groups is 1. The zero-order valence-corrected chi connectivity index (χ0v) is 23.6. The van der Waals surface area contributed by atoms with Crippen LogP contribution in [0.15, 0.2) is 76.1 Å². The average Bonchev–Trinajstić information content (AvgIpc) is 2.92. The Bertz CT molecular complexity index is 1410. The molecule has 194 valence electrons. The first-order valence-electron chi connectivity index (χ1n) is 12.2.